The van der Waals surface area contributed by atoms with E-state index in [0.717, 1.165) is 26.2 Å². The van der Waals surface area contributed by atoms with Gasteiger partial charge in [0.05, 0.1) is 19.8 Å². The number of ether oxygens (including phenoxy) is 2. The predicted octanol–water partition coefficient (Wildman–Crippen LogP) is 0.579. The molecule has 0 unspecified atom stereocenters. The highest BCUT2D eigenvalue weighted by Crippen LogP contribution is 1.90. The first-order valence-electron chi connectivity index (χ1n) is 5.66. The minimum absolute atomic E-state index is 0.616. The van der Waals surface area contributed by atoms with Crippen molar-refractivity contribution in [1.29, 1.82) is 0 Å². The summed E-state index contributed by atoms with van der Waals surface area (Å²) < 4.78 is 10.2. The molecule has 0 amide bonds. The second kappa shape index (κ2) is 10.4. The Kier molecular flexibility index (Phi) is 10.3. The van der Waals surface area contributed by atoms with E-state index in [-0.39, 0.29) is 0 Å². The summed E-state index contributed by atoms with van der Waals surface area (Å²) in [4.78, 5) is 2.32. The summed E-state index contributed by atoms with van der Waals surface area (Å²) in [6, 6.07) is 0.616. The van der Waals surface area contributed by atoms with Crippen molar-refractivity contribution < 1.29 is 9.47 Å². The molecule has 0 aliphatic carbocycles. The SMILES string of the molecule is COCCOCCNCCN(C)C(C)C. The van der Waals surface area contributed by atoms with Gasteiger partial charge in [-0.3, -0.25) is 0 Å². The molecule has 0 saturated heterocycles. The fourth-order valence-corrected chi connectivity index (χ4v) is 1.03. The quantitative estimate of drug-likeness (QED) is 0.544. The third-order valence-electron chi connectivity index (χ3n) is 2.38. The molecule has 0 aliphatic rings. The Morgan fingerprint density at radius 2 is 1.87 bits per heavy atom. The summed E-state index contributed by atoms with van der Waals surface area (Å²) >= 11 is 0. The van der Waals surface area contributed by atoms with Gasteiger partial charge in [0, 0.05) is 32.8 Å². The highest BCUT2D eigenvalue weighted by molar-refractivity contribution is 4.58. The number of hydrogen-bond acceptors (Lipinski definition) is 4. The highest BCUT2D eigenvalue weighted by atomic mass is 16.5. The van der Waals surface area contributed by atoms with Crippen LogP contribution in [-0.2, 0) is 9.47 Å². The molecule has 0 heterocycles. The van der Waals surface area contributed by atoms with Crippen LogP contribution in [0, 0.1) is 0 Å². The van der Waals surface area contributed by atoms with Gasteiger partial charge in [0.1, 0.15) is 0 Å². The van der Waals surface area contributed by atoms with E-state index in [1.54, 1.807) is 7.11 Å². The Bertz CT molecular complexity index is 132. The molecule has 0 fully saturated rings. The van der Waals surface area contributed by atoms with Gasteiger partial charge in [-0.1, -0.05) is 0 Å². The van der Waals surface area contributed by atoms with Crippen molar-refractivity contribution >= 4 is 0 Å². The molecule has 0 bridgehead atoms. The minimum atomic E-state index is 0.616. The van der Waals surface area contributed by atoms with Crippen LogP contribution in [0.4, 0.5) is 0 Å². The maximum Gasteiger partial charge on any atom is 0.0700 e. The number of nitrogens with one attached hydrogen (secondary N) is 1. The largest absolute Gasteiger partial charge is 0.382 e. The van der Waals surface area contributed by atoms with Gasteiger partial charge < -0.3 is 19.7 Å². The summed E-state index contributed by atoms with van der Waals surface area (Å²) in [6.07, 6.45) is 0. The first-order valence-corrected chi connectivity index (χ1v) is 5.66. The fraction of sp³-hybridized carbons (Fsp3) is 1.00. The number of likely N-dealkylation sites (N-methyl/N-ethyl adjacent to an activating group) is 1. The summed E-state index contributed by atoms with van der Waals surface area (Å²) in [6.45, 7) is 9.53. The third kappa shape index (κ3) is 10.1. The van der Waals surface area contributed by atoms with Crippen molar-refractivity contribution in [1.82, 2.24) is 10.2 Å². The molecular weight excluding hydrogens is 192 g/mol. The molecule has 0 radical (unpaired) electrons. The van der Waals surface area contributed by atoms with Crippen LogP contribution >= 0.6 is 0 Å². The lowest BCUT2D eigenvalue weighted by Crippen LogP contribution is -2.34. The van der Waals surface area contributed by atoms with Crippen LogP contribution in [0.5, 0.6) is 0 Å². The van der Waals surface area contributed by atoms with Crippen LogP contribution in [0.25, 0.3) is 0 Å². The molecule has 0 aromatic heterocycles. The smallest absolute Gasteiger partial charge is 0.0700 e. The topological polar surface area (TPSA) is 33.7 Å². The van der Waals surface area contributed by atoms with Crippen LogP contribution < -0.4 is 5.32 Å². The normalized spacial score (nSPS) is 11.6. The average molecular weight is 218 g/mol. The van der Waals surface area contributed by atoms with Crippen molar-refractivity contribution in [2.24, 2.45) is 0 Å². The molecule has 15 heavy (non-hydrogen) atoms. The molecule has 0 atom stereocenters. The number of hydrogen-bond donors (Lipinski definition) is 1. The molecule has 0 rings (SSSR count). The fourth-order valence-electron chi connectivity index (χ4n) is 1.03. The van der Waals surface area contributed by atoms with Crippen LogP contribution in [-0.4, -0.2) is 64.6 Å². The lowest BCUT2D eigenvalue weighted by atomic mass is 10.3. The number of methoxy groups -OCH3 is 1. The van der Waals surface area contributed by atoms with Crippen molar-refractivity contribution in [2.45, 2.75) is 19.9 Å². The molecule has 0 aromatic carbocycles. The van der Waals surface area contributed by atoms with Gasteiger partial charge in [-0.2, -0.15) is 0 Å². The first kappa shape index (κ1) is 14.8. The van der Waals surface area contributed by atoms with Crippen LogP contribution in [0.3, 0.4) is 0 Å². The van der Waals surface area contributed by atoms with E-state index in [9.17, 15) is 0 Å². The van der Waals surface area contributed by atoms with Crippen molar-refractivity contribution in [3.05, 3.63) is 0 Å². The third-order valence-corrected chi connectivity index (χ3v) is 2.38. The van der Waals surface area contributed by atoms with Gasteiger partial charge in [0.2, 0.25) is 0 Å². The molecule has 0 aromatic rings. The van der Waals surface area contributed by atoms with Gasteiger partial charge in [-0.25, -0.2) is 0 Å². The van der Waals surface area contributed by atoms with Crippen LogP contribution in [0.2, 0.25) is 0 Å². The number of nitrogens with zero attached hydrogens (tertiary/aromatic N) is 1. The second-order valence-electron chi connectivity index (χ2n) is 3.93. The Morgan fingerprint density at radius 3 is 2.47 bits per heavy atom. The van der Waals surface area contributed by atoms with Crippen molar-refractivity contribution in [3.8, 4) is 0 Å². The maximum absolute atomic E-state index is 5.33. The zero-order chi connectivity index (χ0) is 11.5. The lowest BCUT2D eigenvalue weighted by molar-refractivity contribution is 0.0718. The Labute approximate surface area is 93.9 Å². The minimum Gasteiger partial charge on any atom is -0.382 e. The monoisotopic (exact) mass is 218 g/mol. The van der Waals surface area contributed by atoms with Gasteiger partial charge in [-0.15, -0.1) is 0 Å². The van der Waals surface area contributed by atoms with E-state index in [2.05, 4.69) is 31.1 Å². The van der Waals surface area contributed by atoms with E-state index in [1.807, 2.05) is 0 Å². The van der Waals surface area contributed by atoms with E-state index in [1.165, 1.54) is 0 Å². The van der Waals surface area contributed by atoms with Crippen LogP contribution in [0.15, 0.2) is 0 Å². The molecule has 0 saturated carbocycles. The maximum atomic E-state index is 5.33. The standard InChI is InChI=1S/C11H26N2O2/c1-11(2)13(3)7-5-12-6-8-15-10-9-14-4/h11-12H,5-10H2,1-4H3. The van der Waals surface area contributed by atoms with E-state index >= 15 is 0 Å². The first-order chi connectivity index (χ1) is 7.18. The van der Waals surface area contributed by atoms with Gasteiger partial charge in [0.15, 0.2) is 0 Å². The molecule has 0 aliphatic heterocycles. The highest BCUT2D eigenvalue weighted by Gasteiger charge is 2.00. The van der Waals surface area contributed by atoms with Gasteiger partial charge >= 0.3 is 0 Å². The zero-order valence-corrected chi connectivity index (χ0v) is 10.6. The van der Waals surface area contributed by atoms with Gasteiger partial charge in [-0.05, 0) is 20.9 Å². The van der Waals surface area contributed by atoms with E-state index in [4.69, 9.17) is 9.47 Å². The summed E-state index contributed by atoms with van der Waals surface area (Å²) in [5.74, 6) is 0. The average Bonchev–Trinajstić information content (AvgIpc) is 2.21. The molecule has 92 valence electrons. The lowest BCUT2D eigenvalue weighted by Gasteiger charge is -2.20. The Hall–Kier alpha value is -0.160. The molecule has 1 N–H and O–H groups in total. The second-order valence-corrected chi connectivity index (χ2v) is 3.93. The molecule has 4 nitrogen and oxygen atoms in total. The van der Waals surface area contributed by atoms with Crippen molar-refractivity contribution in [3.63, 3.8) is 0 Å². The van der Waals surface area contributed by atoms with Gasteiger partial charge in [0.25, 0.3) is 0 Å². The molecule has 4 heteroatoms. The van der Waals surface area contributed by atoms with E-state index < -0.39 is 0 Å². The zero-order valence-electron chi connectivity index (χ0n) is 10.6. The summed E-state index contributed by atoms with van der Waals surface area (Å²) in [5, 5.41) is 3.34. The predicted molar refractivity (Wildman–Crippen MR) is 63.3 cm³/mol. The molecule has 0 spiro atoms. The number of rotatable bonds is 10. The summed E-state index contributed by atoms with van der Waals surface area (Å²) in [7, 11) is 3.82. The summed E-state index contributed by atoms with van der Waals surface area (Å²) in [5.41, 5.74) is 0. The van der Waals surface area contributed by atoms with Crippen molar-refractivity contribution in [2.75, 3.05) is 53.6 Å². The molecular formula is C11H26N2O2. The Balaban J connectivity index is 3.05. The van der Waals surface area contributed by atoms with E-state index in [0.29, 0.717) is 19.3 Å². The Morgan fingerprint density at radius 1 is 1.13 bits per heavy atom. The van der Waals surface area contributed by atoms with Crippen LogP contribution in [0.1, 0.15) is 13.8 Å².